The molecule has 6 aromatic carbocycles. The fraction of sp³-hybridized carbons (Fsp3) is 0.236. The summed E-state index contributed by atoms with van der Waals surface area (Å²) < 4.78 is 47.1. The minimum atomic E-state index is -2.60. The van der Waals surface area contributed by atoms with Crippen molar-refractivity contribution in [1.82, 2.24) is 14.5 Å². The second-order valence-electron chi connectivity index (χ2n) is 17.1. The molecule has 1 N–H and O–H groups in total. The summed E-state index contributed by atoms with van der Waals surface area (Å²) in [5.74, 6) is -1.64. The van der Waals surface area contributed by atoms with Gasteiger partial charge >= 0.3 is 0 Å². The SMILES string of the molecule is [2H]C([2H])([2H])c1cc(-c2c(C([2H])(C)C)cccc2C([2H])(C)C)ccc1-n1c(-c2cc(C)cc(C)c2O)nc2c(-c3[c-]c(-c4cc(-c5ccccc5)ccn4)cc(C(C)(C)C)c3)cccc21.[Pt]. The summed E-state index contributed by atoms with van der Waals surface area (Å²) in [4.78, 5) is 10.2. The van der Waals surface area contributed by atoms with Gasteiger partial charge in [0.05, 0.1) is 22.3 Å². The quantitative estimate of drug-likeness (QED) is 0.154. The summed E-state index contributed by atoms with van der Waals surface area (Å²) in [6, 6.07) is 43.0. The summed E-state index contributed by atoms with van der Waals surface area (Å²) in [5, 5.41) is 11.8. The summed E-state index contributed by atoms with van der Waals surface area (Å²) >= 11 is 0. The smallest absolute Gasteiger partial charge is 0.148 e. The first-order chi connectivity index (χ1) is 30.0. The number of aromatic nitrogens is 3. The zero-order chi connectivity index (χ0) is 46.1. The Kier molecular flexibility index (Phi) is 10.2. The first-order valence-corrected chi connectivity index (χ1v) is 20.2. The van der Waals surface area contributed by atoms with Crippen LogP contribution in [0.5, 0.6) is 5.75 Å². The third-order valence-electron chi connectivity index (χ3n) is 11.2. The Hall–Kier alpha value is -5.57. The second kappa shape index (κ2) is 16.8. The molecule has 2 aromatic heterocycles. The molecule has 0 saturated carbocycles. The molecule has 2 heterocycles. The Morgan fingerprint density at radius 3 is 2.08 bits per heavy atom. The number of benzene rings is 6. The van der Waals surface area contributed by atoms with Gasteiger partial charge in [-0.3, -0.25) is 9.55 Å². The number of para-hydroxylation sites is 1. The molecule has 0 spiro atoms. The Morgan fingerprint density at radius 2 is 1.40 bits per heavy atom. The van der Waals surface area contributed by atoms with E-state index in [1.807, 2.05) is 103 Å². The van der Waals surface area contributed by atoms with Crippen molar-refractivity contribution in [2.45, 2.75) is 86.4 Å². The van der Waals surface area contributed by atoms with Crippen LogP contribution in [-0.2, 0) is 26.5 Å². The Bertz CT molecular complexity index is 3050. The third kappa shape index (κ3) is 8.03. The summed E-state index contributed by atoms with van der Waals surface area (Å²) in [5.41, 5.74) is 12.6. The van der Waals surface area contributed by atoms with E-state index in [4.69, 9.17) is 16.8 Å². The average Bonchev–Trinajstić information content (AvgIpc) is 3.63. The third-order valence-corrected chi connectivity index (χ3v) is 11.2. The maximum absolute atomic E-state index is 11.8. The molecular weight excluding hydrogens is 914 g/mol. The van der Waals surface area contributed by atoms with Crippen LogP contribution in [0, 0.1) is 26.8 Å². The molecule has 0 bridgehead atoms. The molecule has 306 valence electrons. The van der Waals surface area contributed by atoms with Gasteiger partial charge < -0.3 is 5.11 Å². The van der Waals surface area contributed by atoms with E-state index in [0.29, 0.717) is 55.9 Å². The second-order valence-corrected chi connectivity index (χ2v) is 17.1. The molecule has 0 radical (unpaired) electrons. The van der Waals surface area contributed by atoms with Gasteiger partial charge in [-0.15, -0.1) is 29.3 Å². The van der Waals surface area contributed by atoms with Gasteiger partial charge in [-0.05, 0) is 118 Å². The summed E-state index contributed by atoms with van der Waals surface area (Å²) in [7, 11) is 0. The number of phenolic OH excluding ortho intramolecular Hbond substituents is 1. The minimum Gasteiger partial charge on any atom is -0.507 e. The molecule has 0 atom stereocenters. The molecule has 0 fully saturated rings. The van der Waals surface area contributed by atoms with E-state index >= 15 is 0 Å². The van der Waals surface area contributed by atoms with Gasteiger partial charge in [-0.2, -0.15) is 0 Å². The minimum absolute atomic E-state index is 0. The van der Waals surface area contributed by atoms with E-state index in [1.54, 1.807) is 39.8 Å². The maximum Gasteiger partial charge on any atom is 0.148 e. The van der Waals surface area contributed by atoms with Gasteiger partial charge in [-0.1, -0.05) is 138 Å². The first-order valence-electron chi connectivity index (χ1n) is 22.7. The molecule has 0 unspecified atom stereocenters. The van der Waals surface area contributed by atoms with Gasteiger partial charge in [0.1, 0.15) is 11.6 Å². The average molecular weight is 973 g/mol. The zero-order valence-electron chi connectivity index (χ0n) is 40.7. The number of rotatable bonds is 8. The van der Waals surface area contributed by atoms with E-state index in [1.165, 1.54) is 0 Å². The number of aromatic hydroxyl groups is 1. The Balaban J connectivity index is 0.00000630. The normalized spacial score (nSPS) is 13.5. The molecule has 4 nitrogen and oxygen atoms in total. The molecule has 0 aliphatic rings. The van der Waals surface area contributed by atoms with Crippen LogP contribution in [-0.4, -0.2) is 19.6 Å². The molecule has 0 aliphatic carbocycles. The van der Waals surface area contributed by atoms with Gasteiger partial charge in [0, 0.05) is 39.8 Å². The largest absolute Gasteiger partial charge is 0.507 e. The molecule has 60 heavy (non-hydrogen) atoms. The van der Waals surface area contributed by atoms with E-state index in [9.17, 15) is 5.11 Å². The van der Waals surface area contributed by atoms with Crippen LogP contribution in [0.3, 0.4) is 0 Å². The topological polar surface area (TPSA) is 50.9 Å². The van der Waals surface area contributed by atoms with Crippen molar-refractivity contribution < 1.29 is 33.0 Å². The molecule has 8 aromatic rings. The van der Waals surface area contributed by atoms with Crippen molar-refractivity contribution in [2.75, 3.05) is 0 Å². The van der Waals surface area contributed by atoms with Crippen LogP contribution in [0.1, 0.15) is 100 Å². The summed E-state index contributed by atoms with van der Waals surface area (Å²) in [6.07, 6.45) is 1.83. The number of phenols is 1. The number of nitrogens with zero attached hydrogens (tertiary/aromatic N) is 3. The maximum atomic E-state index is 11.8. The van der Waals surface area contributed by atoms with Gasteiger partial charge in [0.2, 0.25) is 0 Å². The number of hydrogen-bond donors (Lipinski definition) is 1. The van der Waals surface area contributed by atoms with Crippen LogP contribution >= 0.6 is 0 Å². The number of imidazole rings is 1. The molecular formula is C55H54N3OPt-. The predicted octanol–water partition coefficient (Wildman–Crippen LogP) is 14.7. The van der Waals surface area contributed by atoms with Gasteiger partial charge in [0.25, 0.3) is 0 Å². The number of aryl methyl sites for hydroxylation is 3. The molecule has 0 amide bonds. The van der Waals surface area contributed by atoms with Crippen molar-refractivity contribution in [3.63, 3.8) is 0 Å². The number of fused-ring (bicyclic) bond motifs is 1. The van der Waals surface area contributed by atoms with Crippen molar-refractivity contribution in [3.8, 4) is 67.5 Å². The Labute approximate surface area is 377 Å². The first kappa shape index (κ1) is 36.3. The van der Waals surface area contributed by atoms with Crippen molar-refractivity contribution in [1.29, 1.82) is 0 Å². The zero-order valence-corrected chi connectivity index (χ0v) is 38.0. The van der Waals surface area contributed by atoms with Gasteiger partial charge in [-0.25, -0.2) is 4.98 Å². The molecule has 5 heteroatoms. The van der Waals surface area contributed by atoms with E-state index in [0.717, 1.165) is 44.6 Å². The van der Waals surface area contributed by atoms with Crippen molar-refractivity contribution in [2.24, 2.45) is 0 Å². The molecule has 0 saturated heterocycles. The molecule has 8 rings (SSSR count). The molecule has 0 aliphatic heterocycles. The van der Waals surface area contributed by atoms with Crippen LogP contribution < -0.4 is 0 Å². The van der Waals surface area contributed by atoms with E-state index in [2.05, 4.69) is 57.2 Å². The van der Waals surface area contributed by atoms with Crippen molar-refractivity contribution in [3.05, 3.63) is 167 Å². The number of pyridine rings is 1. The van der Waals surface area contributed by atoms with Crippen LogP contribution in [0.4, 0.5) is 0 Å². The van der Waals surface area contributed by atoms with Gasteiger partial charge in [0.15, 0.2) is 0 Å². The fourth-order valence-corrected chi connectivity index (χ4v) is 8.13. The summed E-state index contributed by atoms with van der Waals surface area (Å²) in [6.45, 7) is 15.0. The van der Waals surface area contributed by atoms with Crippen LogP contribution in [0.15, 0.2) is 128 Å². The van der Waals surface area contributed by atoms with E-state index < -0.39 is 18.6 Å². The Morgan fingerprint density at radius 1 is 0.700 bits per heavy atom. The van der Waals surface area contributed by atoms with Crippen molar-refractivity contribution >= 4 is 11.0 Å². The standard InChI is InChI=1S/C55H54N3O.Pt/c1-33(2)44-18-14-19-45(34(3)4)51(44)40-22-23-49(36(6)28-40)58-50-21-15-20-46(52(50)57-54(58)47-27-35(5)26-37(7)53(47)59)41-29-42(31-43(30-41)55(8,9)10)48-32-39(24-25-56-48)38-16-12-11-13-17-38;/h11-28,30-34,59H,1-10H3;/q-1;/i6D3,33D,34D;. The predicted molar refractivity (Wildman–Crippen MR) is 248 cm³/mol. The van der Waals surface area contributed by atoms with E-state index in [-0.39, 0.29) is 37.8 Å². The monoisotopic (exact) mass is 972 g/mol. The van der Waals surface area contributed by atoms with Crippen LogP contribution in [0.2, 0.25) is 0 Å². The fourth-order valence-electron chi connectivity index (χ4n) is 8.13. The number of hydrogen-bond acceptors (Lipinski definition) is 3. The van der Waals surface area contributed by atoms with Crippen LogP contribution in [0.25, 0.3) is 72.7 Å².